The van der Waals surface area contributed by atoms with E-state index in [4.69, 9.17) is 9.47 Å². The number of rotatable bonds is 3. The van der Waals surface area contributed by atoms with Gasteiger partial charge in [0.1, 0.15) is 11.4 Å². The van der Waals surface area contributed by atoms with Crippen molar-refractivity contribution >= 4 is 22.5 Å². The van der Waals surface area contributed by atoms with E-state index in [9.17, 15) is 4.79 Å². The Hall–Kier alpha value is -2.32. The third-order valence-electron chi connectivity index (χ3n) is 2.53. The molecule has 0 N–H and O–H groups in total. The molecule has 2 rings (SSSR count). The molecule has 2 aromatic rings. The maximum Gasteiger partial charge on any atom is 0.240 e. The van der Waals surface area contributed by atoms with Crippen molar-refractivity contribution in [2.75, 3.05) is 14.2 Å². The smallest absolute Gasteiger partial charge is 0.240 e. The van der Waals surface area contributed by atoms with E-state index in [1.54, 1.807) is 13.2 Å². The molecule has 0 atom stereocenters. The Bertz CT molecular complexity index is 601. The third kappa shape index (κ3) is 1.86. The lowest BCUT2D eigenvalue weighted by atomic mass is 10.1. The van der Waals surface area contributed by atoms with Crippen molar-refractivity contribution < 1.29 is 14.3 Å². The zero-order valence-corrected chi connectivity index (χ0v) is 9.56. The van der Waals surface area contributed by atoms with Gasteiger partial charge in [-0.15, -0.1) is 0 Å². The fraction of sp³-hybridized carbons (Fsp3) is 0.154. The zero-order valence-electron chi connectivity index (χ0n) is 9.56. The summed E-state index contributed by atoms with van der Waals surface area (Å²) in [5, 5.41) is 1.76. The van der Waals surface area contributed by atoms with E-state index in [-0.39, 0.29) is 0 Å². The summed E-state index contributed by atoms with van der Waals surface area (Å²) >= 11 is 0. The number of hydrogen-bond donors (Lipinski definition) is 0. The molecule has 0 saturated carbocycles. The van der Waals surface area contributed by atoms with Gasteiger partial charge in [-0.3, -0.25) is 0 Å². The van der Waals surface area contributed by atoms with Crippen molar-refractivity contribution in [1.29, 1.82) is 0 Å². The molecule has 0 heterocycles. The van der Waals surface area contributed by atoms with Crippen LogP contribution in [0.3, 0.4) is 0 Å². The number of carbonyl (C=O) groups excluding carboxylic acids is 1. The number of benzene rings is 2. The highest BCUT2D eigenvalue weighted by Crippen LogP contribution is 2.40. The number of fused-ring (bicyclic) bond motifs is 1. The topological polar surface area (TPSA) is 47.9 Å². The van der Waals surface area contributed by atoms with Gasteiger partial charge in [0.2, 0.25) is 6.08 Å². The second kappa shape index (κ2) is 4.68. The van der Waals surface area contributed by atoms with Gasteiger partial charge in [0.05, 0.1) is 14.2 Å². The molecule has 0 radical (unpaired) electrons. The lowest BCUT2D eigenvalue weighted by molar-refractivity contribution is 0.411. The number of hydrogen-bond acceptors (Lipinski definition) is 4. The van der Waals surface area contributed by atoms with E-state index in [1.165, 1.54) is 13.2 Å². The van der Waals surface area contributed by atoms with Gasteiger partial charge in [0.15, 0.2) is 5.75 Å². The van der Waals surface area contributed by atoms with Gasteiger partial charge in [-0.05, 0) is 0 Å². The lowest BCUT2D eigenvalue weighted by Gasteiger charge is -2.11. The van der Waals surface area contributed by atoms with Crippen LogP contribution in [0.1, 0.15) is 0 Å². The SMILES string of the molecule is COc1cc(N=C=O)c(OC)c2ccccc12. The highest BCUT2D eigenvalue weighted by Gasteiger charge is 2.12. The molecule has 0 unspecified atom stereocenters. The van der Waals surface area contributed by atoms with Crippen LogP contribution in [0.2, 0.25) is 0 Å². The molecule has 4 nitrogen and oxygen atoms in total. The summed E-state index contributed by atoms with van der Waals surface area (Å²) < 4.78 is 10.6. The Balaban J connectivity index is 2.88. The normalized spacial score (nSPS) is 9.76. The van der Waals surface area contributed by atoms with Gasteiger partial charge in [-0.25, -0.2) is 4.79 Å². The largest absolute Gasteiger partial charge is 0.496 e. The highest BCUT2D eigenvalue weighted by molar-refractivity contribution is 5.97. The fourth-order valence-corrected chi connectivity index (χ4v) is 1.82. The van der Waals surface area contributed by atoms with Crippen LogP contribution in [0.4, 0.5) is 5.69 Å². The van der Waals surface area contributed by atoms with Crippen molar-refractivity contribution in [3.05, 3.63) is 30.3 Å². The summed E-state index contributed by atoms with van der Waals surface area (Å²) in [6.45, 7) is 0. The van der Waals surface area contributed by atoms with E-state index in [2.05, 4.69) is 4.99 Å². The van der Waals surface area contributed by atoms with Crippen molar-refractivity contribution in [1.82, 2.24) is 0 Å². The summed E-state index contributed by atoms with van der Waals surface area (Å²) in [5.41, 5.74) is 0.415. The first-order chi connectivity index (χ1) is 8.31. The Labute approximate surface area is 98.5 Å². The molecule has 17 heavy (non-hydrogen) atoms. The van der Waals surface area contributed by atoms with Crippen molar-refractivity contribution in [2.45, 2.75) is 0 Å². The molecule has 2 aromatic carbocycles. The van der Waals surface area contributed by atoms with Gasteiger partial charge in [0, 0.05) is 16.8 Å². The molecule has 0 aromatic heterocycles. The Morgan fingerprint density at radius 1 is 1.12 bits per heavy atom. The summed E-state index contributed by atoms with van der Waals surface area (Å²) in [5.74, 6) is 1.19. The van der Waals surface area contributed by atoms with E-state index in [0.29, 0.717) is 17.2 Å². The molecule has 0 spiro atoms. The van der Waals surface area contributed by atoms with Crippen molar-refractivity contribution in [3.8, 4) is 11.5 Å². The summed E-state index contributed by atoms with van der Waals surface area (Å²) in [7, 11) is 3.11. The number of methoxy groups -OCH3 is 2. The molecular weight excluding hydrogens is 218 g/mol. The van der Waals surface area contributed by atoms with E-state index >= 15 is 0 Å². The minimum absolute atomic E-state index is 0.415. The molecule has 4 heteroatoms. The van der Waals surface area contributed by atoms with Crippen LogP contribution in [0, 0.1) is 0 Å². The van der Waals surface area contributed by atoms with Crippen molar-refractivity contribution in [3.63, 3.8) is 0 Å². The molecular formula is C13H11NO3. The second-order valence-corrected chi connectivity index (χ2v) is 3.38. The maximum atomic E-state index is 10.4. The standard InChI is InChI=1S/C13H11NO3/c1-16-12-7-11(14-8-15)13(17-2)10-6-4-3-5-9(10)12/h3-7H,1-2H3. The fourth-order valence-electron chi connectivity index (χ4n) is 1.82. The van der Waals surface area contributed by atoms with Crippen LogP contribution in [0.5, 0.6) is 11.5 Å². The predicted octanol–water partition coefficient (Wildman–Crippen LogP) is 2.82. The number of ether oxygens (including phenoxy) is 2. The van der Waals surface area contributed by atoms with E-state index in [1.807, 2.05) is 24.3 Å². The van der Waals surface area contributed by atoms with Gasteiger partial charge in [-0.2, -0.15) is 4.99 Å². The van der Waals surface area contributed by atoms with Crippen LogP contribution in [-0.2, 0) is 4.79 Å². The minimum Gasteiger partial charge on any atom is -0.496 e. The molecule has 0 aliphatic rings. The monoisotopic (exact) mass is 229 g/mol. The van der Waals surface area contributed by atoms with Gasteiger partial charge >= 0.3 is 0 Å². The van der Waals surface area contributed by atoms with Gasteiger partial charge in [-0.1, -0.05) is 24.3 Å². The predicted molar refractivity (Wildman–Crippen MR) is 64.8 cm³/mol. The van der Waals surface area contributed by atoms with E-state index < -0.39 is 0 Å². The quantitative estimate of drug-likeness (QED) is 0.600. The summed E-state index contributed by atoms with van der Waals surface area (Å²) in [4.78, 5) is 14.0. The molecule has 86 valence electrons. The van der Waals surface area contributed by atoms with Crippen LogP contribution >= 0.6 is 0 Å². The van der Waals surface area contributed by atoms with Gasteiger partial charge < -0.3 is 9.47 Å². The van der Waals surface area contributed by atoms with Crippen LogP contribution in [-0.4, -0.2) is 20.3 Å². The number of isocyanates is 1. The zero-order chi connectivity index (χ0) is 12.3. The molecule has 0 aliphatic carbocycles. The molecule has 0 fully saturated rings. The summed E-state index contributed by atoms with van der Waals surface area (Å²) in [6.07, 6.45) is 1.51. The first-order valence-corrected chi connectivity index (χ1v) is 5.03. The number of aliphatic imine (C=N–C) groups is 1. The number of nitrogens with zero attached hydrogens (tertiary/aromatic N) is 1. The second-order valence-electron chi connectivity index (χ2n) is 3.38. The first kappa shape index (κ1) is 11.2. The first-order valence-electron chi connectivity index (χ1n) is 5.03. The Kier molecular flexibility index (Phi) is 3.08. The Morgan fingerprint density at radius 2 is 1.82 bits per heavy atom. The van der Waals surface area contributed by atoms with Crippen molar-refractivity contribution in [2.24, 2.45) is 4.99 Å². The average molecular weight is 229 g/mol. The van der Waals surface area contributed by atoms with Gasteiger partial charge in [0.25, 0.3) is 0 Å². The summed E-state index contributed by atoms with van der Waals surface area (Å²) in [6, 6.07) is 9.27. The van der Waals surface area contributed by atoms with Crippen LogP contribution < -0.4 is 9.47 Å². The lowest BCUT2D eigenvalue weighted by Crippen LogP contribution is -1.90. The molecule has 0 amide bonds. The van der Waals surface area contributed by atoms with Crippen LogP contribution in [0.25, 0.3) is 10.8 Å². The maximum absolute atomic E-state index is 10.4. The molecule has 0 aliphatic heterocycles. The molecule has 0 bridgehead atoms. The van der Waals surface area contributed by atoms with E-state index in [0.717, 1.165) is 10.8 Å². The highest BCUT2D eigenvalue weighted by atomic mass is 16.5. The van der Waals surface area contributed by atoms with Crippen LogP contribution in [0.15, 0.2) is 35.3 Å². The Morgan fingerprint density at radius 3 is 2.41 bits per heavy atom. The molecule has 0 saturated heterocycles. The third-order valence-corrected chi connectivity index (χ3v) is 2.53. The minimum atomic E-state index is 0.415. The average Bonchev–Trinajstić information content (AvgIpc) is 2.38.